The van der Waals surface area contributed by atoms with Crippen LogP contribution in [0.2, 0.25) is 0 Å². The van der Waals surface area contributed by atoms with Gasteiger partial charge in [0.1, 0.15) is 0 Å². The Bertz CT molecular complexity index is 415. The molecule has 1 fully saturated rings. The van der Waals surface area contributed by atoms with E-state index in [2.05, 4.69) is 34.5 Å². The minimum atomic E-state index is 0.255. The van der Waals surface area contributed by atoms with Crippen molar-refractivity contribution in [3.05, 3.63) is 35.4 Å². The van der Waals surface area contributed by atoms with E-state index in [0.717, 1.165) is 19.6 Å². The highest BCUT2D eigenvalue weighted by Crippen LogP contribution is 2.35. The van der Waals surface area contributed by atoms with Crippen LogP contribution in [0.5, 0.6) is 0 Å². The first-order valence-corrected chi connectivity index (χ1v) is 7.54. The van der Waals surface area contributed by atoms with Gasteiger partial charge in [0.15, 0.2) is 0 Å². The van der Waals surface area contributed by atoms with Crippen LogP contribution in [0.3, 0.4) is 0 Å². The Balaban J connectivity index is 1.73. The smallest absolute Gasteiger partial charge is 0.0558 e. The molecular formula is C16H24N2O. The van der Waals surface area contributed by atoms with Crippen molar-refractivity contribution in [3.63, 3.8) is 0 Å². The van der Waals surface area contributed by atoms with Crippen molar-refractivity contribution >= 4 is 0 Å². The first-order valence-electron chi connectivity index (χ1n) is 7.54. The van der Waals surface area contributed by atoms with Gasteiger partial charge in [0, 0.05) is 25.2 Å². The van der Waals surface area contributed by atoms with E-state index < -0.39 is 0 Å². The number of aliphatic hydroxyl groups excluding tert-OH is 1. The molecular weight excluding hydrogens is 236 g/mol. The second-order valence-corrected chi connectivity index (χ2v) is 5.77. The Morgan fingerprint density at radius 2 is 2.16 bits per heavy atom. The maximum Gasteiger partial charge on any atom is 0.0558 e. The SMILES string of the molecule is OCCN(CC1CCCN1)C1CCc2ccccc21. The molecule has 3 heteroatoms. The van der Waals surface area contributed by atoms with Crippen molar-refractivity contribution in [1.29, 1.82) is 0 Å². The Morgan fingerprint density at radius 1 is 1.26 bits per heavy atom. The first kappa shape index (κ1) is 13.1. The number of nitrogens with one attached hydrogen (secondary N) is 1. The van der Waals surface area contributed by atoms with Crippen molar-refractivity contribution in [1.82, 2.24) is 10.2 Å². The fourth-order valence-electron chi connectivity index (χ4n) is 3.61. The van der Waals surface area contributed by atoms with Crippen molar-refractivity contribution in [2.75, 3.05) is 26.2 Å². The lowest BCUT2D eigenvalue weighted by Crippen LogP contribution is -2.40. The van der Waals surface area contributed by atoms with Crippen LogP contribution < -0.4 is 5.32 Å². The monoisotopic (exact) mass is 260 g/mol. The lowest BCUT2D eigenvalue weighted by atomic mass is 10.1. The molecule has 19 heavy (non-hydrogen) atoms. The van der Waals surface area contributed by atoms with Crippen LogP contribution in [0.15, 0.2) is 24.3 Å². The first-order chi connectivity index (χ1) is 9.38. The molecule has 0 amide bonds. The van der Waals surface area contributed by atoms with E-state index in [-0.39, 0.29) is 6.61 Å². The van der Waals surface area contributed by atoms with E-state index in [1.165, 1.54) is 36.8 Å². The molecule has 2 atom stereocenters. The van der Waals surface area contributed by atoms with Crippen molar-refractivity contribution in [2.45, 2.75) is 37.8 Å². The summed E-state index contributed by atoms with van der Waals surface area (Å²) in [5.74, 6) is 0. The van der Waals surface area contributed by atoms with Gasteiger partial charge in [0.2, 0.25) is 0 Å². The van der Waals surface area contributed by atoms with Gasteiger partial charge in [-0.1, -0.05) is 24.3 Å². The summed E-state index contributed by atoms with van der Waals surface area (Å²) in [6, 6.07) is 9.91. The minimum absolute atomic E-state index is 0.255. The molecule has 0 spiro atoms. The van der Waals surface area contributed by atoms with E-state index in [1.54, 1.807) is 0 Å². The van der Waals surface area contributed by atoms with E-state index in [1.807, 2.05) is 0 Å². The Morgan fingerprint density at radius 3 is 2.95 bits per heavy atom. The van der Waals surface area contributed by atoms with Gasteiger partial charge in [0.05, 0.1) is 6.61 Å². The summed E-state index contributed by atoms with van der Waals surface area (Å²) in [6.07, 6.45) is 4.95. The quantitative estimate of drug-likeness (QED) is 0.846. The summed E-state index contributed by atoms with van der Waals surface area (Å²) < 4.78 is 0. The minimum Gasteiger partial charge on any atom is -0.395 e. The van der Waals surface area contributed by atoms with Crippen molar-refractivity contribution in [2.24, 2.45) is 0 Å². The molecule has 1 aliphatic carbocycles. The Kier molecular flexibility index (Phi) is 4.16. The van der Waals surface area contributed by atoms with Crippen LogP contribution >= 0.6 is 0 Å². The molecule has 1 heterocycles. The van der Waals surface area contributed by atoms with Crippen LogP contribution in [0.25, 0.3) is 0 Å². The molecule has 2 aliphatic rings. The van der Waals surface area contributed by atoms with Gasteiger partial charge in [0.25, 0.3) is 0 Å². The summed E-state index contributed by atoms with van der Waals surface area (Å²) in [6.45, 7) is 3.26. The van der Waals surface area contributed by atoms with Gasteiger partial charge in [-0.25, -0.2) is 0 Å². The highest BCUT2D eigenvalue weighted by molar-refractivity contribution is 5.34. The number of rotatable bonds is 5. The third-order valence-corrected chi connectivity index (χ3v) is 4.55. The molecule has 0 aromatic heterocycles. The predicted octanol–water partition coefficient (Wildman–Crippen LogP) is 1.72. The largest absolute Gasteiger partial charge is 0.395 e. The standard InChI is InChI=1S/C16H24N2O/c19-11-10-18(12-14-5-3-9-17-14)16-8-7-13-4-1-2-6-15(13)16/h1-2,4,6,14,16-17,19H,3,5,7-12H2. The van der Waals surface area contributed by atoms with E-state index in [9.17, 15) is 5.11 Å². The number of benzene rings is 1. The van der Waals surface area contributed by atoms with Crippen LogP contribution in [-0.4, -0.2) is 42.3 Å². The molecule has 0 radical (unpaired) electrons. The van der Waals surface area contributed by atoms with Crippen molar-refractivity contribution < 1.29 is 5.11 Å². The summed E-state index contributed by atoms with van der Waals surface area (Å²) in [5, 5.41) is 12.9. The maximum atomic E-state index is 9.36. The molecule has 2 N–H and O–H groups in total. The molecule has 1 aromatic rings. The van der Waals surface area contributed by atoms with Gasteiger partial charge in [-0.05, 0) is 43.4 Å². The van der Waals surface area contributed by atoms with E-state index >= 15 is 0 Å². The van der Waals surface area contributed by atoms with Gasteiger partial charge >= 0.3 is 0 Å². The number of fused-ring (bicyclic) bond motifs is 1. The maximum absolute atomic E-state index is 9.36. The molecule has 0 bridgehead atoms. The zero-order chi connectivity index (χ0) is 13.1. The molecule has 1 saturated heterocycles. The molecule has 3 nitrogen and oxygen atoms in total. The number of aryl methyl sites for hydroxylation is 1. The third-order valence-electron chi connectivity index (χ3n) is 4.55. The molecule has 1 aliphatic heterocycles. The molecule has 104 valence electrons. The highest BCUT2D eigenvalue weighted by atomic mass is 16.3. The predicted molar refractivity (Wildman–Crippen MR) is 77.2 cm³/mol. The average Bonchev–Trinajstić information content (AvgIpc) is 3.07. The Labute approximate surface area is 115 Å². The van der Waals surface area contributed by atoms with E-state index in [0.29, 0.717) is 12.1 Å². The summed E-state index contributed by atoms with van der Waals surface area (Å²) in [5.41, 5.74) is 2.98. The lowest BCUT2D eigenvalue weighted by Gasteiger charge is -2.31. The number of hydrogen-bond donors (Lipinski definition) is 2. The van der Waals surface area contributed by atoms with Crippen molar-refractivity contribution in [3.8, 4) is 0 Å². The normalized spacial score (nSPS) is 26.0. The van der Waals surface area contributed by atoms with Crippen LogP contribution in [-0.2, 0) is 6.42 Å². The molecule has 3 rings (SSSR count). The van der Waals surface area contributed by atoms with Gasteiger partial charge in [-0.15, -0.1) is 0 Å². The second kappa shape index (κ2) is 6.04. The highest BCUT2D eigenvalue weighted by Gasteiger charge is 2.29. The zero-order valence-corrected chi connectivity index (χ0v) is 11.5. The van der Waals surface area contributed by atoms with Gasteiger partial charge in [-0.2, -0.15) is 0 Å². The topological polar surface area (TPSA) is 35.5 Å². The summed E-state index contributed by atoms with van der Waals surface area (Å²) >= 11 is 0. The fourth-order valence-corrected chi connectivity index (χ4v) is 3.61. The molecule has 0 saturated carbocycles. The summed E-state index contributed by atoms with van der Waals surface area (Å²) in [7, 11) is 0. The van der Waals surface area contributed by atoms with Gasteiger partial charge < -0.3 is 10.4 Å². The summed E-state index contributed by atoms with van der Waals surface area (Å²) in [4.78, 5) is 2.48. The van der Waals surface area contributed by atoms with Crippen LogP contribution in [0.1, 0.15) is 36.4 Å². The van der Waals surface area contributed by atoms with Crippen LogP contribution in [0.4, 0.5) is 0 Å². The Hall–Kier alpha value is -0.900. The number of aliphatic hydroxyl groups is 1. The number of nitrogens with zero attached hydrogens (tertiary/aromatic N) is 1. The molecule has 1 aromatic carbocycles. The second-order valence-electron chi connectivity index (χ2n) is 5.77. The van der Waals surface area contributed by atoms with Gasteiger partial charge in [-0.3, -0.25) is 4.90 Å². The van der Waals surface area contributed by atoms with Crippen LogP contribution in [0, 0.1) is 0 Å². The molecule has 2 unspecified atom stereocenters. The number of hydrogen-bond acceptors (Lipinski definition) is 3. The fraction of sp³-hybridized carbons (Fsp3) is 0.625. The lowest BCUT2D eigenvalue weighted by molar-refractivity contribution is 0.139. The van der Waals surface area contributed by atoms with E-state index in [4.69, 9.17) is 0 Å². The average molecular weight is 260 g/mol. The third kappa shape index (κ3) is 2.83. The zero-order valence-electron chi connectivity index (χ0n) is 11.5.